The van der Waals surface area contributed by atoms with Crippen LogP contribution in [0.5, 0.6) is 0 Å². The number of hydrogen-bond donors (Lipinski definition) is 1. The van der Waals surface area contributed by atoms with Gasteiger partial charge in [-0.15, -0.1) is 0 Å². The first-order chi connectivity index (χ1) is 14.3. The van der Waals surface area contributed by atoms with E-state index in [1.807, 2.05) is 6.07 Å². The van der Waals surface area contributed by atoms with Crippen molar-refractivity contribution in [3.05, 3.63) is 59.2 Å². The fourth-order valence-corrected chi connectivity index (χ4v) is 5.45. The molecule has 1 heterocycles. The number of benzene rings is 2. The maximum atomic E-state index is 13.2. The van der Waals surface area contributed by atoms with Crippen LogP contribution in [0, 0.1) is 11.6 Å². The van der Waals surface area contributed by atoms with Crippen molar-refractivity contribution in [2.24, 2.45) is 0 Å². The average Bonchev–Trinajstić information content (AvgIpc) is 3.19. The van der Waals surface area contributed by atoms with Crippen LogP contribution in [-0.2, 0) is 27.7 Å². The molecular formula is C21H23F2N3O3S. The lowest BCUT2D eigenvalue weighted by Gasteiger charge is -2.34. The van der Waals surface area contributed by atoms with Gasteiger partial charge in [-0.25, -0.2) is 17.2 Å². The van der Waals surface area contributed by atoms with Gasteiger partial charge >= 0.3 is 0 Å². The van der Waals surface area contributed by atoms with E-state index in [0.29, 0.717) is 4.90 Å². The maximum absolute atomic E-state index is 13.2. The van der Waals surface area contributed by atoms with E-state index in [0.717, 1.165) is 43.0 Å². The number of amides is 1. The Morgan fingerprint density at radius 1 is 0.933 bits per heavy atom. The number of halogens is 2. The van der Waals surface area contributed by atoms with E-state index in [-0.39, 0.29) is 44.3 Å². The van der Waals surface area contributed by atoms with Crippen molar-refractivity contribution in [2.75, 3.05) is 38.0 Å². The highest BCUT2D eigenvalue weighted by Gasteiger charge is 2.30. The smallest absolute Gasteiger partial charge is 0.243 e. The minimum Gasteiger partial charge on any atom is -0.376 e. The van der Waals surface area contributed by atoms with Gasteiger partial charge in [0.2, 0.25) is 15.9 Å². The summed E-state index contributed by atoms with van der Waals surface area (Å²) in [7, 11) is -3.60. The van der Waals surface area contributed by atoms with Crippen LogP contribution in [0.4, 0.5) is 14.5 Å². The number of aryl methyl sites for hydroxylation is 2. The van der Waals surface area contributed by atoms with Gasteiger partial charge < -0.3 is 10.2 Å². The van der Waals surface area contributed by atoms with E-state index in [9.17, 15) is 22.0 Å². The Morgan fingerprint density at radius 2 is 1.60 bits per heavy atom. The highest BCUT2D eigenvalue weighted by atomic mass is 32.2. The summed E-state index contributed by atoms with van der Waals surface area (Å²) in [6.45, 7) is 0.824. The van der Waals surface area contributed by atoms with E-state index < -0.39 is 21.7 Å². The average molecular weight is 435 g/mol. The number of rotatable bonds is 5. The fraction of sp³-hybridized carbons (Fsp3) is 0.381. The number of anilines is 1. The predicted octanol–water partition coefficient (Wildman–Crippen LogP) is 2.40. The van der Waals surface area contributed by atoms with E-state index in [1.54, 1.807) is 17.0 Å². The van der Waals surface area contributed by atoms with Crippen LogP contribution in [0.2, 0.25) is 0 Å². The maximum Gasteiger partial charge on any atom is 0.243 e. The topological polar surface area (TPSA) is 69.7 Å². The number of nitrogens with zero attached hydrogens (tertiary/aromatic N) is 2. The first kappa shape index (κ1) is 20.7. The molecule has 1 aliphatic heterocycles. The second-order valence-corrected chi connectivity index (χ2v) is 9.52. The summed E-state index contributed by atoms with van der Waals surface area (Å²) in [5.74, 6) is -1.71. The van der Waals surface area contributed by atoms with Gasteiger partial charge in [0.15, 0.2) is 0 Å². The molecule has 4 rings (SSSR count). The molecule has 0 saturated carbocycles. The van der Waals surface area contributed by atoms with Gasteiger partial charge in [0, 0.05) is 37.9 Å². The third kappa shape index (κ3) is 4.32. The van der Waals surface area contributed by atoms with E-state index in [2.05, 4.69) is 5.32 Å². The minimum absolute atomic E-state index is 0.125. The monoisotopic (exact) mass is 435 g/mol. The van der Waals surface area contributed by atoms with Crippen LogP contribution >= 0.6 is 0 Å². The summed E-state index contributed by atoms with van der Waals surface area (Å²) >= 11 is 0. The van der Waals surface area contributed by atoms with Crippen LogP contribution in [0.15, 0.2) is 41.3 Å². The summed E-state index contributed by atoms with van der Waals surface area (Å²) in [6.07, 6.45) is 2.95. The zero-order valence-electron chi connectivity index (χ0n) is 16.4. The Labute approximate surface area is 174 Å². The number of sulfonamides is 1. The Balaban J connectivity index is 1.34. The fourth-order valence-electron chi connectivity index (χ4n) is 3.98. The molecule has 2 aliphatic rings. The Kier molecular flexibility index (Phi) is 5.75. The van der Waals surface area contributed by atoms with Crippen LogP contribution in [0.25, 0.3) is 0 Å². The molecule has 1 fully saturated rings. The minimum atomic E-state index is -3.60. The molecule has 1 aliphatic carbocycles. The second kappa shape index (κ2) is 8.31. The number of carbonyl (C=O) groups excluding carboxylic acids is 1. The zero-order valence-corrected chi connectivity index (χ0v) is 17.2. The molecule has 1 amide bonds. The summed E-state index contributed by atoms with van der Waals surface area (Å²) in [5, 5.41) is 2.71. The summed E-state index contributed by atoms with van der Waals surface area (Å²) in [5.41, 5.74) is 2.50. The summed E-state index contributed by atoms with van der Waals surface area (Å²) in [4.78, 5) is 14.3. The molecular weight excluding hydrogens is 412 g/mol. The van der Waals surface area contributed by atoms with Crippen molar-refractivity contribution in [1.82, 2.24) is 9.21 Å². The predicted molar refractivity (Wildman–Crippen MR) is 109 cm³/mol. The van der Waals surface area contributed by atoms with E-state index in [1.165, 1.54) is 9.87 Å². The quantitative estimate of drug-likeness (QED) is 0.783. The molecule has 0 unspecified atom stereocenters. The Hall–Kier alpha value is -2.52. The summed E-state index contributed by atoms with van der Waals surface area (Å²) < 4.78 is 53.8. The molecule has 160 valence electrons. The number of fused-ring (bicyclic) bond motifs is 1. The van der Waals surface area contributed by atoms with Gasteiger partial charge in [-0.05, 0) is 54.7 Å². The molecule has 0 atom stereocenters. The molecule has 1 N–H and O–H groups in total. The molecule has 9 heteroatoms. The highest BCUT2D eigenvalue weighted by molar-refractivity contribution is 7.89. The summed E-state index contributed by atoms with van der Waals surface area (Å²) in [6, 6.07) is 8.31. The third-order valence-corrected chi connectivity index (χ3v) is 7.50. The Morgan fingerprint density at radius 3 is 2.30 bits per heavy atom. The van der Waals surface area contributed by atoms with Crippen molar-refractivity contribution in [3.8, 4) is 0 Å². The number of hydrogen-bond acceptors (Lipinski definition) is 4. The molecule has 2 aromatic carbocycles. The van der Waals surface area contributed by atoms with Crippen molar-refractivity contribution < 1.29 is 22.0 Å². The van der Waals surface area contributed by atoms with Crippen molar-refractivity contribution in [3.63, 3.8) is 0 Å². The first-order valence-electron chi connectivity index (χ1n) is 9.92. The van der Waals surface area contributed by atoms with Gasteiger partial charge in [0.25, 0.3) is 0 Å². The molecule has 0 spiro atoms. The zero-order chi connectivity index (χ0) is 21.3. The highest BCUT2D eigenvalue weighted by Crippen LogP contribution is 2.26. The standard InChI is InChI=1S/C21H23F2N3O3S/c22-17-11-18(23)13-19(12-17)24-14-21(27)25-6-8-26(9-7-25)30(28,29)20-5-4-15-2-1-3-16(15)10-20/h4-5,10-13,24H,1-3,6-9,14H2. The van der Waals surface area contributed by atoms with Gasteiger partial charge in [0.1, 0.15) is 11.6 Å². The van der Waals surface area contributed by atoms with E-state index in [4.69, 9.17) is 0 Å². The third-order valence-electron chi connectivity index (χ3n) is 5.61. The largest absolute Gasteiger partial charge is 0.376 e. The lowest BCUT2D eigenvalue weighted by atomic mass is 10.1. The van der Waals surface area contributed by atoms with Crippen molar-refractivity contribution in [1.29, 1.82) is 0 Å². The lowest BCUT2D eigenvalue weighted by molar-refractivity contribution is -0.130. The van der Waals surface area contributed by atoms with Crippen LogP contribution in [-0.4, -0.2) is 56.3 Å². The number of carbonyl (C=O) groups is 1. The van der Waals surface area contributed by atoms with Gasteiger partial charge in [0.05, 0.1) is 11.4 Å². The van der Waals surface area contributed by atoms with Crippen LogP contribution in [0.3, 0.4) is 0 Å². The molecule has 30 heavy (non-hydrogen) atoms. The molecule has 0 bridgehead atoms. The van der Waals surface area contributed by atoms with E-state index >= 15 is 0 Å². The van der Waals surface area contributed by atoms with Crippen molar-refractivity contribution >= 4 is 21.6 Å². The molecule has 2 aromatic rings. The molecule has 6 nitrogen and oxygen atoms in total. The van der Waals surface area contributed by atoms with Crippen LogP contribution < -0.4 is 5.32 Å². The first-order valence-corrected chi connectivity index (χ1v) is 11.4. The molecule has 0 aromatic heterocycles. The van der Waals surface area contributed by atoms with Gasteiger partial charge in [-0.3, -0.25) is 4.79 Å². The normalized spacial score (nSPS) is 17.1. The van der Waals surface area contributed by atoms with Crippen molar-refractivity contribution in [2.45, 2.75) is 24.2 Å². The van der Waals surface area contributed by atoms with Gasteiger partial charge in [-0.1, -0.05) is 6.07 Å². The SMILES string of the molecule is O=C(CNc1cc(F)cc(F)c1)N1CCN(S(=O)(=O)c2ccc3c(c2)CCC3)CC1. The Bertz CT molecular complexity index is 1050. The van der Waals surface area contributed by atoms with Gasteiger partial charge in [-0.2, -0.15) is 4.31 Å². The number of nitrogens with one attached hydrogen (secondary N) is 1. The lowest BCUT2D eigenvalue weighted by Crippen LogP contribution is -2.51. The second-order valence-electron chi connectivity index (χ2n) is 7.58. The number of piperazine rings is 1. The molecule has 1 saturated heterocycles. The van der Waals surface area contributed by atoms with Crippen LogP contribution in [0.1, 0.15) is 17.5 Å². The molecule has 0 radical (unpaired) electrons.